The molecular weight excluding hydrogens is 252 g/mol. The molecule has 0 bridgehead atoms. The monoisotopic (exact) mass is 268 g/mol. The fourth-order valence-corrected chi connectivity index (χ4v) is 2.49. The minimum absolute atomic E-state index is 0.0252. The van der Waals surface area contributed by atoms with Gasteiger partial charge in [0.2, 0.25) is 0 Å². The molecule has 0 unspecified atom stereocenters. The Labute approximate surface area is 116 Å². The molecule has 0 amide bonds. The van der Waals surface area contributed by atoms with Gasteiger partial charge in [-0.1, -0.05) is 13.8 Å². The van der Waals surface area contributed by atoms with Crippen LogP contribution in [0.2, 0.25) is 0 Å². The van der Waals surface area contributed by atoms with E-state index in [2.05, 4.69) is 15.1 Å². The van der Waals surface area contributed by atoms with Crippen molar-refractivity contribution in [1.29, 1.82) is 0 Å². The molecule has 20 heavy (non-hydrogen) atoms. The maximum absolute atomic E-state index is 12.5. The Hall–Kier alpha value is -2.43. The van der Waals surface area contributed by atoms with Crippen LogP contribution in [0, 0.1) is 6.92 Å². The summed E-state index contributed by atoms with van der Waals surface area (Å²) >= 11 is 0. The van der Waals surface area contributed by atoms with Gasteiger partial charge in [0, 0.05) is 35.3 Å². The van der Waals surface area contributed by atoms with Crippen molar-refractivity contribution in [1.82, 2.24) is 19.6 Å². The molecule has 0 atom stereocenters. The van der Waals surface area contributed by atoms with Gasteiger partial charge in [-0.15, -0.1) is 0 Å². The molecule has 0 aliphatic rings. The molecule has 3 rings (SSSR count). The molecular formula is C15H16N4O. The summed E-state index contributed by atoms with van der Waals surface area (Å²) in [6.07, 6.45) is 3.45. The first-order chi connectivity index (χ1) is 9.58. The van der Waals surface area contributed by atoms with Gasteiger partial charge in [0.1, 0.15) is 0 Å². The first-order valence-corrected chi connectivity index (χ1v) is 6.60. The summed E-state index contributed by atoms with van der Waals surface area (Å²) in [6, 6.07) is 5.67. The lowest BCUT2D eigenvalue weighted by molar-refractivity contribution is 0.781. The highest BCUT2D eigenvalue weighted by atomic mass is 16.1. The molecule has 102 valence electrons. The van der Waals surface area contributed by atoms with Crippen molar-refractivity contribution >= 4 is 5.65 Å². The number of aromatic nitrogens is 4. The van der Waals surface area contributed by atoms with E-state index < -0.39 is 0 Å². The van der Waals surface area contributed by atoms with Crippen LogP contribution in [-0.2, 0) is 0 Å². The molecule has 5 heteroatoms. The van der Waals surface area contributed by atoms with Crippen LogP contribution in [0.5, 0.6) is 0 Å². The zero-order valence-electron chi connectivity index (χ0n) is 11.7. The second kappa shape index (κ2) is 4.59. The fourth-order valence-electron chi connectivity index (χ4n) is 2.49. The maximum Gasteiger partial charge on any atom is 0.276 e. The molecule has 0 radical (unpaired) electrons. The molecule has 0 aromatic carbocycles. The topological polar surface area (TPSA) is 63.1 Å². The lowest BCUT2D eigenvalue weighted by Gasteiger charge is -2.07. The molecule has 1 N–H and O–H groups in total. The predicted octanol–water partition coefficient (Wildman–Crippen LogP) is 2.52. The van der Waals surface area contributed by atoms with E-state index in [9.17, 15) is 4.79 Å². The Kier molecular flexibility index (Phi) is 2.89. The third-order valence-electron chi connectivity index (χ3n) is 3.41. The average molecular weight is 268 g/mol. The minimum atomic E-state index is -0.0252. The van der Waals surface area contributed by atoms with Gasteiger partial charge in [0.25, 0.3) is 5.56 Å². The Balaban J connectivity index is 2.27. The van der Waals surface area contributed by atoms with Crippen molar-refractivity contribution in [2.45, 2.75) is 26.7 Å². The van der Waals surface area contributed by atoms with Crippen LogP contribution in [0.3, 0.4) is 0 Å². The largest absolute Gasteiger partial charge is 0.289 e. The minimum Gasteiger partial charge on any atom is -0.289 e. The molecule has 5 nitrogen and oxygen atoms in total. The number of rotatable bonds is 2. The van der Waals surface area contributed by atoms with Crippen molar-refractivity contribution in [2.75, 3.05) is 0 Å². The van der Waals surface area contributed by atoms with E-state index in [1.807, 2.05) is 39.0 Å². The van der Waals surface area contributed by atoms with Gasteiger partial charge >= 0.3 is 0 Å². The molecule has 0 fully saturated rings. The highest BCUT2D eigenvalue weighted by molar-refractivity contribution is 5.63. The first-order valence-electron chi connectivity index (χ1n) is 6.60. The van der Waals surface area contributed by atoms with Crippen LogP contribution in [0.25, 0.3) is 16.9 Å². The van der Waals surface area contributed by atoms with Crippen molar-refractivity contribution in [3.05, 3.63) is 52.2 Å². The number of aryl methyl sites for hydroxylation is 1. The quantitative estimate of drug-likeness (QED) is 0.776. The summed E-state index contributed by atoms with van der Waals surface area (Å²) in [5.74, 6) is 0.152. The molecule has 0 aliphatic carbocycles. The van der Waals surface area contributed by atoms with Gasteiger partial charge in [0.15, 0.2) is 5.65 Å². The predicted molar refractivity (Wildman–Crippen MR) is 77.9 cm³/mol. The molecule has 3 aromatic rings. The Morgan fingerprint density at radius 1 is 1.25 bits per heavy atom. The SMILES string of the molecule is Cc1nc2cc(-c3ccncc3)[nH]n2c(=O)c1C(C)C. The maximum atomic E-state index is 12.5. The molecule has 0 spiro atoms. The third-order valence-corrected chi connectivity index (χ3v) is 3.41. The highest BCUT2D eigenvalue weighted by Gasteiger charge is 2.14. The summed E-state index contributed by atoms with van der Waals surface area (Å²) in [4.78, 5) is 21.0. The standard InChI is InChI=1S/C15H16N4O/c1-9(2)14-10(3)17-13-8-12(18-19(13)15(14)20)11-4-6-16-7-5-11/h4-9,18H,1-3H3. The number of hydrogen-bond acceptors (Lipinski definition) is 3. The Morgan fingerprint density at radius 3 is 2.60 bits per heavy atom. The summed E-state index contributed by atoms with van der Waals surface area (Å²) < 4.78 is 1.51. The van der Waals surface area contributed by atoms with Gasteiger partial charge in [-0.25, -0.2) is 9.50 Å². The van der Waals surface area contributed by atoms with Crippen LogP contribution in [-0.4, -0.2) is 19.6 Å². The second-order valence-corrected chi connectivity index (χ2v) is 5.17. The van der Waals surface area contributed by atoms with Gasteiger partial charge in [0.05, 0.1) is 5.69 Å². The summed E-state index contributed by atoms with van der Waals surface area (Å²) in [7, 11) is 0. The van der Waals surface area contributed by atoms with Crippen LogP contribution < -0.4 is 5.56 Å². The molecule has 0 saturated carbocycles. The zero-order valence-corrected chi connectivity index (χ0v) is 11.7. The number of nitrogens with zero attached hydrogens (tertiary/aromatic N) is 3. The van der Waals surface area contributed by atoms with Gasteiger partial charge < -0.3 is 0 Å². The number of hydrogen-bond donors (Lipinski definition) is 1. The number of nitrogens with one attached hydrogen (secondary N) is 1. The van der Waals surface area contributed by atoms with Gasteiger partial charge in [-0.05, 0) is 25.0 Å². The van der Waals surface area contributed by atoms with E-state index in [1.54, 1.807) is 12.4 Å². The van der Waals surface area contributed by atoms with Crippen LogP contribution in [0.1, 0.15) is 31.0 Å². The molecule has 0 saturated heterocycles. The van der Waals surface area contributed by atoms with Crippen LogP contribution >= 0.6 is 0 Å². The van der Waals surface area contributed by atoms with Crippen LogP contribution in [0.15, 0.2) is 35.4 Å². The fraction of sp³-hybridized carbons (Fsp3) is 0.267. The number of aromatic amines is 1. The summed E-state index contributed by atoms with van der Waals surface area (Å²) in [5.41, 5.74) is 4.01. The van der Waals surface area contributed by atoms with Crippen molar-refractivity contribution in [3.8, 4) is 11.3 Å². The van der Waals surface area contributed by atoms with E-state index in [0.717, 1.165) is 22.5 Å². The summed E-state index contributed by atoms with van der Waals surface area (Å²) in [5, 5.41) is 3.12. The lowest BCUT2D eigenvalue weighted by Crippen LogP contribution is -2.22. The normalized spacial score (nSPS) is 11.4. The van der Waals surface area contributed by atoms with Gasteiger partial charge in [-0.3, -0.25) is 14.9 Å². The third kappa shape index (κ3) is 1.91. The van der Waals surface area contributed by atoms with E-state index >= 15 is 0 Å². The van der Waals surface area contributed by atoms with E-state index in [4.69, 9.17) is 0 Å². The van der Waals surface area contributed by atoms with Gasteiger partial charge in [-0.2, -0.15) is 0 Å². The average Bonchev–Trinajstić information content (AvgIpc) is 2.83. The second-order valence-electron chi connectivity index (χ2n) is 5.17. The highest BCUT2D eigenvalue weighted by Crippen LogP contribution is 2.19. The number of fused-ring (bicyclic) bond motifs is 1. The van der Waals surface area contributed by atoms with Crippen molar-refractivity contribution < 1.29 is 0 Å². The molecule has 3 heterocycles. The van der Waals surface area contributed by atoms with Crippen LogP contribution in [0.4, 0.5) is 0 Å². The molecule has 3 aromatic heterocycles. The summed E-state index contributed by atoms with van der Waals surface area (Å²) in [6.45, 7) is 5.89. The zero-order chi connectivity index (χ0) is 14.3. The number of pyridine rings is 1. The first kappa shape index (κ1) is 12.6. The van der Waals surface area contributed by atoms with E-state index in [-0.39, 0.29) is 11.5 Å². The Bertz CT molecular complexity index is 815. The van der Waals surface area contributed by atoms with Crippen molar-refractivity contribution in [3.63, 3.8) is 0 Å². The molecule has 0 aliphatic heterocycles. The Morgan fingerprint density at radius 2 is 1.95 bits per heavy atom. The van der Waals surface area contributed by atoms with Crippen molar-refractivity contribution in [2.24, 2.45) is 0 Å². The smallest absolute Gasteiger partial charge is 0.276 e. The lowest BCUT2D eigenvalue weighted by atomic mass is 10.0. The van der Waals surface area contributed by atoms with E-state index in [1.165, 1.54) is 4.52 Å². The van der Waals surface area contributed by atoms with E-state index in [0.29, 0.717) is 5.65 Å². The number of H-pyrrole nitrogens is 1.